The highest BCUT2D eigenvalue weighted by atomic mass is 19.4. The Hall–Kier alpha value is -2.08. The van der Waals surface area contributed by atoms with E-state index in [9.17, 15) is 13.2 Å². The zero-order valence-corrected chi connectivity index (χ0v) is 16.1. The first kappa shape index (κ1) is 20.6. The van der Waals surface area contributed by atoms with Crippen LogP contribution in [0.3, 0.4) is 0 Å². The Bertz CT molecular complexity index is 736. The van der Waals surface area contributed by atoms with E-state index in [1.165, 1.54) is 6.07 Å². The monoisotopic (exact) mass is 392 g/mol. The van der Waals surface area contributed by atoms with Gasteiger partial charge in [0.05, 0.1) is 11.7 Å². The lowest BCUT2D eigenvalue weighted by atomic mass is 9.79. The van der Waals surface area contributed by atoms with Crippen molar-refractivity contribution in [3.63, 3.8) is 0 Å². The second-order valence-corrected chi connectivity index (χ2v) is 7.66. The molecule has 1 aliphatic carbocycles. The fourth-order valence-corrected chi connectivity index (χ4v) is 3.86. The van der Waals surface area contributed by atoms with Crippen LogP contribution in [0.2, 0.25) is 0 Å². The van der Waals surface area contributed by atoms with E-state index in [1.54, 1.807) is 12.3 Å². The zero-order valence-electron chi connectivity index (χ0n) is 16.1. The molecular formula is C22H27F3N2O. The van der Waals surface area contributed by atoms with Crippen LogP contribution in [0.4, 0.5) is 13.2 Å². The van der Waals surface area contributed by atoms with Gasteiger partial charge in [0, 0.05) is 18.9 Å². The van der Waals surface area contributed by atoms with E-state index in [-0.39, 0.29) is 6.10 Å². The second kappa shape index (κ2) is 9.41. The molecule has 1 aromatic carbocycles. The Morgan fingerprint density at radius 2 is 2.07 bits per heavy atom. The number of halogens is 3. The number of ether oxygens (including phenoxy) is 1. The quantitative estimate of drug-likeness (QED) is 0.679. The molecule has 0 amide bonds. The highest BCUT2D eigenvalue weighted by Gasteiger charge is 2.31. The maximum atomic E-state index is 12.9. The Morgan fingerprint density at radius 3 is 2.82 bits per heavy atom. The average Bonchev–Trinajstić information content (AvgIpc) is 2.68. The molecule has 2 aromatic rings. The Balaban J connectivity index is 1.49. The highest BCUT2D eigenvalue weighted by molar-refractivity contribution is 5.30. The Kier molecular flexibility index (Phi) is 6.94. The number of hydrogen-bond donors (Lipinski definition) is 1. The molecule has 0 aliphatic heterocycles. The van der Waals surface area contributed by atoms with Crippen LogP contribution in [0.25, 0.3) is 0 Å². The first-order valence-corrected chi connectivity index (χ1v) is 9.85. The topological polar surface area (TPSA) is 34.2 Å². The lowest BCUT2D eigenvalue weighted by Gasteiger charge is -2.33. The maximum Gasteiger partial charge on any atom is 0.416 e. The number of benzene rings is 1. The molecule has 0 bridgehead atoms. The third-order valence-electron chi connectivity index (χ3n) is 5.45. The number of hydrogen-bond acceptors (Lipinski definition) is 3. The summed E-state index contributed by atoms with van der Waals surface area (Å²) in [5, 5.41) is 3.48. The molecule has 1 heterocycles. The van der Waals surface area contributed by atoms with Gasteiger partial charge in [-0.25, -0.2) is 0 Å². The summed E-state index contributed by atoms with van der Waals surface area (Å²) < 4.78 is 44.6. The molecule has 3 atom stereocenters. The van der Waals surface area contributed by atoms with Gasteiger partial charge < -0.3 is 10.1 Å². The molecule has 1 aromatic heterocycles. The van der Waals surface area contributed by atoms with Crippen LogP contribution >= 0.6 is 0 Å². The van der Waals surface area contributed by atoms with Crippen molar-refractivity contribution in [2.24, 2.45) is 11.8 Å². The van der Waals surface area contributed by atoms with Crippen molar-refractivity contribution in [3.8, 4) is 5.75 Å². The lowest BCUT2D eigenvalue weighted by Crippen LogP contribution is -2.33. The van der Waals surface area contributed by atoms with E-state index < -0.39 is 11.7 Å². The summed E-state index contributed by atoms with van der Waals surface area (Å²) in [5.74, 6) is 1.29. The molecule has 1 N–H and O–H groups in total. The van der Waals surface area contributed by atoms with Crippen LogP contribution in [0.5, 0.6) is 5.75 Å². The third kappa shape index (κ3) is 5.96. The fraction of sp³-hybridized carbons (Fsp3) is 0.500. The smallest absolute Gasteiger partial charge is 0.416 e. The van der Waals surface area contributed by atoms with E-state index in [0.717, 1.165) is 56.5 Å². The van der Waals surface area contributed by atoms with Gasteiger partial charge in [-0.1, -0.05) is 19.1 Å². The van der Waals surface area contributed by atoms with Crippen molar-refractivity contribution < 1.29 is 17.9 Å². The van der Waals surface area contributed by atoms with Gasteiger partial charge in [-0.05, 0) is 73.9 Å². The molecule has 1 fully saturated rings. The van der Waals surface area contributed by atoms with Crippen LogP contribution in [0, 0.1) is 11.8 Å². The second-order valence-electron chi connectivity index (χ2n) is 7.66. The SMILES string of the molecule is CC(CNCc1cccnc1)C1CCC[C@@H](Oc2cccc(C(F)(F)F)c2)C1. The van der Waals surface area contributed by atoms with Gasteiger partial charge in [0.25, 0.3) is 0 Å². The van der Waals surface area contributed by atoms with Gasteiger partial charge in [-0.2, -0.15) is 13.2 Å². The zero-order chi connectivity index (χ0) is 20.0. The van der Waals surface area contributed by atoms with E-state index in [1.807, 2.05) is 18.3 Å². The number of alkyl halides is 3. The molecule has 3 rings (SSSR count). The van der Waals surface area contributed by atoms with E-state index in [2.05, 4.69) is 17.2 Å². The summed E-state index contributed by atoms with van der Waals surface area (Å²) in [7, 11) is 0. The average molecular weight is 392 g/mol. The minimum atomic E-state index is -4.34. The molecule has 2 unspecified atom stereocenters. The van der Waals surface area contributed by atoms with Crippen LogP contribution in [-0.2, 0) is 12.7 Å². The van der Waals surface area contributed by atoms with Crippen molar-refractivity contribution in [1.82, 2.24) is 10.3 Å². The van der Waals surface area contributed by atoms with Crippen LogP contribution < -0.4 is 10.1 Å². The van der Waals surface area contributed by atoms with E-state index >= 15 is 0 Å². The van der Waals surface area contributed by atoms with Crippen LogP contribution in [0.15, 0.2) is 48.8 Å². The van der Waals surface area contributed by atoms with Gasteiger partial charge in [-0.15, -0.1) is 0 Å². The van der Waals surface area contributed by atoms with Crippen molar-refractivity contribution >= 4 is 0 Å². The number of pyridine rings is 1. The molecule has 28 heavy (non-hydrogen) atoms. The third-order valence-corrected chi connectivity index (χ3v) is 5.45. The van der Waals surface area contributed by atoms with Crippen LogP contribution in [-0.4, -0.2) is 17.6 Å². The lowest BCUT2D eigenvalue weighted by molar-refractivity contribution is -0.137. The first-order chi connectivity index (χ1) is 13.4. The Labute approximate surface area is 164 Å². The molecule has 3 nitrogen and oxygen atoms in total. The summed E-state index contributed by atoms with van der Waals surface area (Å²) in [6, 6.07) is 9.16. The molecule has 1 aliphatic rings. The van der Waals surface area contributed by atoms with Gasteiger partial charge in [0.2, 0.25) is 0 Å². The number of aromatic nitrogens is 1. The summed E-state index contributed by atoms with van der Waals surface area (Å²) >= 11 is 0. The van der Waals surface area contributed by atoms with Gasteiger partial charge >= 0.3 is 6.18 Å². The Morgan fingerprint density at radius 1 is 1.21 bits per heavy atom. The predicted octanol–water partition coefficient (Wildman–Crippen LogP) is 5.46. The maximum absolute atomic E-state index is 12.9. The molecule has 1 saturated carbocycles. The van der Waals surface area contributed by atoms with Crippen molar-refractivity contribution in [2.75, 3.05) is 6.54 Å². The van der Waals surface area contributed by atoms with E-state index in [0.29, 0.717) is 17.6 Å². The molecule has 6 heteroatoms. The number of nitrogens with one attached hydrogen (secondary N) is 1. The van der Waals surface area contributed by atoms with Crippen molar-refractivity contribution in [2.45, 2.75) is 51.4 Å². The highest BCUT2D eigenvalue weighted by Crippen LogP contribution is 2.35. The minimum absolute atomic E-state index is 0.0250. The summed E-state index contributed by atoms with van der Waals surface area (Å²) in [5.41, 5.74) is 0.495. The first-order valence-electron chi connectivity index (χ1n) is 9.85. The number of nitrogens with zero attached hydrogens (tertiary/aromatic N) is 1. The normalized spacial score (nSPS) is 21.3. The standard InChI is InChI=1S/C22H27F3N2O/c1-16(13-27-15-17-5-4-10-26-14-17)18-6-2-8-20(11-18)28-21-9-3-7-19(12-21)22(23,24)25/h3-5,7,9-10,12,14,16,18,20,27H,2,6,8,11,13,15H2,1H3/t16?,18?,20-/m1/s1. The fourth-order valence-electron chi connectivity index (χ4n) is 3.86. The van der Waals surface area contributed by atoms with Gasteiger partial charge in [0.15, 0.2) is 0 Å². The summed E-state index contributed by atoms with van der Waals surface area (Å²) in [4.78, 5) is 4.12. The molecule has 0 saturated heterocycles. The minimum Gasteiger partial charge on any atom is -0.490 e. The van der Waals surface area contributed by atoms with Gasteiger partial charge in [-0.3, -0.25) is 4.98 Å². The summed E-state index contributed by atoms with van der Waals surface area (Å²) in [6.07, 6.45) is 3.20. The molecule has 0 spiro atoms. The van der Waals surface area contributed by atoms with E-state index in [4.69, 9.17) is 4.74 Å². The molecule has 0 radical (unpaired) electrons. The predicted molar refractivity (Wildman–Crippen MR) is 103 cm³/mol. The van der Waals surface area contributed by atoms with Crippen molar-refractivity contribution in [1.29, 1.82) is 0 Å². The number of rotatable bonds is 7. The van der Waals surface area contributed by atoms with Gasteiger partial charge in [0.1, 0.15) is 5.75 Å². The molecular weight excluding hydrogens is 365 g/mol. The van der Waals surface area contributed by atoms with Crippen LogP contribution in [0.1, 0.15) is 43.7 Å². The van der Waals surface area contributed by atoms with Crippen molar-refractivity contribution in [3.05, 3.63) is 59.9 Å². The largest absolute Gasteiger partial charge is 0.490 e. The molecule has 152 valence electrons. The summed E-state index contributed by atoms with van der Waals surface area (Å²) in [6.45, 7) is 3.92.